The highest BCUT2D eigenvalue weighted by Gasteiger charge is 2.15. The maximum atomic E-state index is 11.9. The number of hydrogen-bond acceptors (Lipinski definition) is 4. The molecule has 0 saturated heterocycles. The molecule has 0 spiro atoms. The summed E-state index contributed by atoms with van der Waals surface area (Å²) in [4.78, 5) is 20.1. The van der Waals surface area contributed by atoms with Gasteiger partial charge in [-0.3, -0.25) is 4.79 Å². The van der Waals surface area contributed by atoms with Crippen LogP contribution in [-0.2, 0) is 17.9 Å². The summed E-state index contributed by atoms with van der Waals surface area (Å²) < 4.78 is 3.71. The summed E-state index contributed by atoms with van der Waals surface area (Å²) in [5, 5.41) is 7.11. The Labute approximate surface area is 118 Å². The lowest BCUT2D eigenvalue weighted by Gasteiger charge is -2.14. The summed E-state index contributed by atoms with van der Waals surface area (Å²) in [6.07, 6.45) is 8.18. The van der Waals surface area contributed by atoms with Gasteiger partial charge in [0.05, 0.1) is 12.4 Å². The Hall–Kier alpha value is -2.18. The van der Waals surface area contributed by atoms with Gasteiger partial charge in [0.2, 0.25) is 5.91 Å². The number of rotatable bonds is 7. The summed E-state index contributed by atoms with van der Waals surface area (Å²) >= 11 is 0. The molecule has 20 heavy (non-hydrogen) atoms. The molecule has 0 aliphatic rings. The second kappa shape index (κ2) is 6.83. The zero-order chi connectivity index (χ0) is 14.4. The summed E-state index contributed by atoms with van der Waals surface area (Å²) in [6, 6.07) is -0.140. The molecule has 0 aliphatic heterocycles. The summed E-state index contributed by atoms with van der Waals surface area (Å²) in [7, 11) is 0. The van der Waals surface area contributed by atoms with Crippen LogP contribution >= 0.6 is 0 Å². The van der Waals surface area contributed by atoms with Crippen molar-refractivity contribution in [2.24, 2.45) is 0 Å². The van der Waals surface area contributed by atoms with Crippen LogP contribution in [-0.4, -0.2) is 30.2 Å². The zero-order valence-corrected chi connectivity index (χ0v) is 11.9. The van der Waals surface area contributed by atoms with Gasteiger partial charge < -0.3 is 9.88 Å². The quantitative estimate of drug-likeness (QED) is 0.823. The normalized spacial score (nSPS) is 12.3. The Morgan fingerprint density at radius 2 is 2.30 bits per heavy atom. The summed E-state index contributed by atoms with van der Waals surface area (Å²) in [5.41, 5.74) is 0. The molecule has 108 valence electrons. The van der Waals surface area contributed by atoms with Gasteiger partial charge >= 0.3 is 0 Å². The molecule has 2 rings (SSSR count). The monoisotopic (exact) mass is 276 g/mol. The molecule has 2 aromatic heterocycles. The van der Waals surface area contributed by atoms with Gasteiger partial charge in [0.15, 0.2) is 0 Å². The number of nitrogens with zero attached hydrogens (tertiary/aromatic N) is 5. The number of hydrogen-bond donors (Lipinski definition) is 1. The fourth-order valence-electron chi connectivity index (χ4n) is 2.02. The van der Waals surface area contributed by atoms with E-state index in [1.807, 2.05) is 22.4 Å². The van der Waals surface area contributed by atoms with Crippen molar-refractivity contribution in [1.29, 1.82) is 0 Å². The van der Waals surface area contributed by atoms with Crippen molar-refractivity contribution in [3.63, 3.8) is 0 Å². The molecular weight excluding hydrogens is 256 g/mol. The highest BCUT2D eigenvalue weighted by Crippen LogP contribution is 2.09. The average molecular weight is 276 g/mol. The molecule has 7 heteroatoms. The molecule has 7 nitrogen and oxygen atoms in total. The van der Waals surface area contributed by atoms with E-state index in [-0.39, 0.29) is 11.9 Å². The molecule has 1 amide bonds. The highest BCUT2D eigenvalue weighted by atomic mass is 16.1. The number of amides is 1. The van der Waals surface area contributed by atoms with E-state index in [0.29, 0.717) is 13.0 Å². The molecule has 1 N–H and O–H groups in total. The van der Waals surface area contributed by atoms with Crippen LogP contribution in [0.25, 0.3) is 0 Å². The SMILES string of the molecule is CCCn1ncnc1[C@@H](C)NC(=O)CCn1ccnc1. The molecular formula is C13H20N6O. The van der Waals surface area contributed by atoms with Gasteiger partial charge in [0.1, 0.15) is 12.2 Å². The maximum Gasteiger partial charge on any atom is 0.222 e. The fraction of sp³-hybridized carbons (Fsp3) is 0.538. The van der Waals surface area contributed by atoms with E-state index in [1.54, 1.807) is 12.5 Å². The topological polar surface area (TPSA) is 77.6 Å². The molecule has 2 heterocycles. The molecule has 0 bridgehead atoms. The van der Waals surface area contributed by atoms with Crippen LogP contribution in [0.4, 0.5) is 0 Å². The second-order valence-corrected chi connectivity index (χ2v) is 4.68. The van der Waals surface area contributed by atoms with E-state index in [2.05, 4.69) is 27.3 Å². The van der Waals surface area contributed by atoms with Crippen molar-refractivity contribution in [1.82, 2.24) is 29.6 Å². The van der Waals surface area contributed by atoms with E-state index < -0.39 is 0 Å². The first-order valence-electron chi connectivity index (χ1n) is 6.83. The zero-order valence-electron chi connectivity index (χ0n) is 11.9. The number of aryl methyl sites for hydroxylation is 2. The molecule has 0 saturated carbocycles. The fourth-order valence-corrected chi connectivity index (χ4v) is 2.02. The van der Waals surface area contributed by atoms with Crippen LogP contribution in [0, 0.1) is 0 Å². The number of carbonyl (C=O) groups excluding carboxylic acids is 1. The van der Waals surface area contributed by atoms with Crippen LogP contribution in [0.1, 0.15) is 38.6 Å². The Bertz CT molecular complexity index is 533. The predicted octanol–water partition coefficient (Wildman–Crippen LogP) is 1.15. The number of imidazole rings is 1. The van der Waals surface area contributed by atoms with Crippen molar-refractivity contribution in [2.75, 3.05) is 0 Å². The van der Waals surface area contributed by atoms with E-state index in [9.17, 15) is 4.79 Å². The molecule has 0 radical (unpaired) electrons. The number of aromatic nitrogens is 5. The second-order valence-electron chi connectivity index (χ2n) is 4.68. The highest BCUT2D eigenvalue weighted by molar-refractivity contribution is 5.76. The van der Waals surface area contributed by atoms with Crippen molar-refractivity contribution >= 4 is 5.91 Å². The van der Waals surface area contributed by atoms with Crippen LogP contribution in [0.2, 0.25) is 0 Å². The lowest BCUT2D eigenvalue weighted by molar-refractivity contribution is -0.122. The minimum absolute atomic E-state index is 0.00255. The van der Waals surface area contributed by atoms with Crippen molar-refractivity contribution in [3.05, 3.63) is 30.9 Å². The first kappa shape index (κ1) is 14.2. The minimum atomic E-state index is -0.140. The Morgan fingerprint density at radius 3 is 3.00 bits per heavy atom. The summed E-state index contributed by atoms with van der Waals surface area (Å²) in [6.45, 7) is 5.44. The van der Waals surface area contributed by atoms with Gasteiger partial charge in [-0.25, -0.2) is 14.6 Å². The van der Waals surface area contributed by atoms with Gasteiger partial charge in [0.25, 0.3) is 0 Å². The third-order valence-corrected chi connectivity index (χ3v) is 3.00. The third-order valence-electron chi connectivity index (χ3n) is 3.00. The number of carbonyl (C=O) groups is 1. The molecule has 0 unspecified atom stereocenters. The van der Waals surface area contributed by atoms with Gasteiger partial charge in [-0.1, -0.05) is 6.92 Å². The average Bonchev–Trinajstić information content (AvgIpc) is 3.07. The van der Waals surface area contributed by atoms with E-state index in [0.717, 1.165) is 18.8 Å². The van der Waals surface area contributed by atoms with Crippen LogP contribution in [0.15, 0.2) is 25.0 Å². The van der Waals surface area contributed by atoms with Crippen LogP contribution < -0.4 is 5.32 Å². The molecule has 1 atom stereocenters. The van der Waals surface area contributed by atoms with Crippen LogP contribution in [0.5, 0.6) is 0 Å². The number of nitrogens with one attached hydrogen (secondary N) is 1. The standard InChI is InChI=1S/C13H20N6O/c1-3-6-19-13(15-9-16-19)11(2)17-12(20)4-7-18-8-5-14-10-18/h5,8-11H,3-4,6-7H2,1-2H3,(H,17,20)/t11-/m1/s1. The van der Waals surface area contributed by atoms with Crippen LogP contribution in [0.3, 0.4) is 0 Å². The van der Waals surface area contributed by atoms with E-state index in [1.165, 1.54) is 6.33 Å². The lowest BCUT2D eigenvalue weighted by atomic mass is 10.3. The third kappa shape index (κ3) is 3.66. The van der Waals surface area contributed by atoms with E-state index in [4.69, 9.17) is 0 Å². The van der Waals surface area contributed by atoms with Gasteiger partial charge in [0, 0.05) is 31.9 Å². The Balaban J connectivity index is 1.85. The van der Waals surface area contributed by atoms with Gasteiger partial charge in [-0.05, 0) is 13.3 Å². The molecule has 0 fully saturated rings. The van der Waals surface area contributed by atoms with Crippen molar-refractivity contribution in [2.45, 2.75) is 45.8 Å². The predicted molar refractivity (Wildman–Crippen MR) is 73.7 cm³/mol. The smallest absolute Gasteiger partial charge is 0.222 e. The van der Waals surface area contributed by atoms with Crippen molar-refractivity contribution in [3.8, 4) is 0 Å². The largest absolute Gasteiger partial charge is 0.346 e. The minimum Gasteiger partial charge on any atom is -0.346 e. The lowest BCUT2D eigenvalue weighted by Crippen LogP contribution is -2.29. The van der Waals surface area contributed by atoms with Gasteiger partial charge in [-0.2, -0.15) is 5.10 Å². The maximum absolute atomic E-state index is 11.9. The Kier molecular flexibility index (Phi) is 4.86. The molecule has 0 aromatic carbocycles. The Morgan fingerprint density at radius 1 is 1.45 bits per heavy atom. The van der Waals surface area contributed by atoms with Crippen molar-refractivity contribution < 1.29 is 4.79 Å². The molecule has 0 aliphatic carbocycles. The first-order chi connectivity index (χ1) is 9.70. The van der Waals surface area contributed by atoms with E-state index >= 15 is 0 Å². The van der Waals surface area contributed by atoms with Gasteiger partial charge in [-0.15, -0.1) is 0 Å². The first-order valence-corrected chi connectivity index (χ1v) is 6.83. The molecule has 2 aromatic rings. The summed E-state index contributed by atoms with van der Waals surface area (Å²) in [5.74, 6) is 0.792.